The van der Waals surface area contributed by atoms with Crippen LogP contribution in [0.2, 0.25) is 5.02 Å². The molecule has 4 rings (SSSR count). The lowest BCUT2D eigenvalue weighted by Crippen LogP contribution is -2.37. The highest BCUT2D eigenvalue weighted by Gasteiger charge is 2.31. The Labute approximate surface area is 260 Å². The first-order valence-corrected chi connectivity index (χ1v) is 17.2. The van der Waals surface area contributed by atoms with E-state index in [1.807, 2.05) is 19.9 Å². The molecule has 0 saturated carbocycles. The third kappa shape index (κ3) is 7.55. The maximum atomic E-state index is 15.2. The van der Waals surface area contributed by atoms with Crippen molar-refractivity contribution in [1.29, 1.82) is 0 Å². The summed E-state index contributed by atoms with van der Waals surface area (Å²) >= 11 is 6.18. The van der Waals surface area contributed by atoms with Gasteiger partial charge in [-0.3, -0.25) is 4.79 Å². The van der Waals surface area contributed by atoms with Gasteiger partial charge >= 0.3 is 0 Å². The topological polar surface area (TPSA) is 84.9 Å². The Kier molecular flexibility index (Phi) is 11.2. The number of amides is 1. The van der Waals surface area contributed by atoms with Crippen molar-refractivity contribution < 1.29 is 27.1 Å². The van der Waals surface area contributed by atoms with Gasteiger partial charge < -0.3 is 14.4 Å². The number of anilines is 1. The monoisotopic (exact) mass is 634 g/mol. The number of sulfonamides is 1. The highest BCUT2D eigenvalue weighted by Crippen LogP contribution is 2.38. The number of methoxy groups -OCH3 is 1. The standard InChI is InChI=1S/C33H44ClFN2O5S/c1-6-9-27-26(13-14-28(34)31(27)35)25-19-37-17-16-23(7-2)32(41-5)21(3)10-8-11-22(4)43(39,40)36-33(38)24-12-15-30(42-20-25)29(37)18-24/h10,12-15,18,22-23,25,32H,6-9,11,16-17,19-20H2,1-5H3,(H,36,38)/b21-10+. The van der Waals surface area contributed by atoms with Crippen molar-refractivity contribution in [1.82, 2.24) is 4.72 Å². The van der Waals surface area contributed by atoms with Crippen LogP contribution in [0, 0.1) is 11.7 Å². The van der Waals surface area contributed by atoms with E-state index >= 15 is 4.39 Å². The van der Waals surface area contributed by atoms with Gasteiger partial charge in [-0.2, -0.15) is 0 Å². The zero-order chi connectivity index (χ0) is 31.3. The quantitative estimate of drug-likeness (QED) is 0.356. The summed E-state index contributed by atoms with van der Waals surface area (Å²) in [6.45, 7) is 9.28. The number of carbonyl (C=O) groups excluding carboxylic acids is 1. The summed E-state index contributed by atoms with van der Waals surface area (Å²) in [5.74, 6) is -0.428. The second-order valence-electron chi connectivity index (χ2n) is 11.7. The van der Waals surface area contributed by atoms with Gasteiger partial charge in [0, 0.05) is 31.7 Å². The Morgan fingerprint density at radius 3 is 2.65 bits per heavy atom. The highest BCUT2D eigenvalue weighted by molar-refractivity contribution is 7.90. The van der Waals surface area contributed by atoms with Crippen LogP contribution in [-0.4, -0.2) is 52.5 Å². The van der Waals surface area contributed by atoms with Crippen LogP contribution in [-0.2, 0) is 21.2 Å². The molecule has 0 aliphatic carbocycles. The number of rotatable bonds is 5. The molecule has 0 radical (unpaired) electrons. The Morgan fingerprint density at radius 1 is 1.19 bits per heavy atom. The zero-order valence-electron chi connectivity index (χ0n) is 25.8. The summed E-state index contributed by atoms with van der Waals surface area (Å²) < 4.78 is 55.9. The van der Waals surface area contributed by atoms with Gasteiger partial charge in [-0.15, -0.1) is 0 Å². The summed E-state index contributed by atoms with van der Waals surface area (Å²) in [5, 5.41) is -0.648. The molecule has 2 aromatic carbocycles. The molecule has 2 bridgehead atoms. The minimum atomic E-state index is -3.89. The Morgan fingerprint density at radius 2 is 1.95 bits per heavy atom. The lowest BCUT2D eigenvalue weighted by molar-refractivity contribution is 0.0751. The molecule has 7 nitrogen and oxygen atoms in total. The fourth-order valence-electron chi connectivity index (χ4n) is 6.28. The molecule has 10 heteroatoms. The van der Waals surface area contributed by atoms with Crippen molar-refractivity contribution in [3.63, 3.8) is 0 Å². The number of nitrogens with zero attached hydrogens (tertiary/aromatic N) is 1. The summed E-state index contributed by atoms with van der Waals surface area (Å²) in [7, 11) is -2.18. The highest BCUT2D eigenvalue weighted by atomic mass is 35.5. The molecular weight excluding hydrogens is 591 g/mol. The van der Waals surface area contributed by atoms with Gasteiger partial charge in [-0.05, 0) is 86.4 Å². The van der Waals surface area contributed by atoms with Crippen LogP contribution in [0.15, 0.2) is 42.0 Å². The van der Waals surface area contributed by atoms with E-state index in [9.17, 15) is 13.2 Å². The second kappa shape index (κ2) is 14.4. The number of fused-ring (bicyclic) bond motifs is 1. The van der Waals surface area contributed by atoms with E-state index in [1.54, 1.807) is 38.3 Å². The van der Waals surface area contributed by atoms with Crippen molar-refractivity contribution in [2.75, 3.05) is 31.7 Å². The predicted octanol–water partition coefficient (Wildman–Crippen LogP) is 7.03. The Balaban J connectivity index is 1.79. The fourth-order valence-corrected chi connectivity index (χ4v) is 7.48. The van der Waals surface area contributed by atoms with E-state index in [2.05, 4.69) is 22.6 Å². The lowest BCUT2D eigenvalue weighted by Gasteiger charge is -2.32. The smallest absolute Gasteiger partial charge is 0.264 e. The second-order valence-corrected chi connectivity index (χ2v) is 14.2. The number of allylic oxidation sites excluding steroid dienone is 1. The van der Waals surface area contributed by atoms with E-state index < -0.39 is 21.2 Å². The van der Waals surface area contributed by atoms with Gasteiger partial charge in [-0.1, -0.05) is 50.4 Å². The number of hydrogen-bond donors (Lipinski definition) is 1. The maximum absolute atomic E-state index is 15.2. The minimum absolute atomic E-state index is 0.106. The number of carbonyl (C=O) groups is 1. The van der Waals surface area contributed by atoms with Crippen LogP contribution < -0.4 is 14.4 Å². The Hall–Kier alpha value is -2.62. The molecule has 1 amide bonds. The van der Waals surface area contributed by atoms with E-state index in [-0.39, 0.29) is 34.3 Å². The number of nitrogens with one attached hydrogen (secondary N) is 1. The van der Waals surface area contributed by atoms with E-state index in [0.29, 0.717) is 56.0 Å². The zero-order valence-corrected chi connectivity index (χ0v) is 27.4. The molecule has 4 unspecified atom stereocenters. The summed E-state index contributed by atoms with van der Waals surface area (Å²) in [4.78, 5) is 15.4. The molecule has 2 aliphatic heterocycles. The molecule has 2 aliphatic rings. The first kappa shape index (κ1) is 33.3. The van der Waals surface area contributed by atoms with E-state index in [0.717, 1.165) is 30.4 Å². The maximum Gasteiger partial charge on any atom is 0.264 e. The number of hydrogen-bond acceptors (Lipinski definition) is 6. The number of halogens is 2. The largest absolute Gasteiger partial charge is 0.491 e. The molecule has 0 spiro atoms. The normalized spacial score (nSPS) is 26.1. The SMILES string of the molecule is CCCc1c(C2COc3ccc4cc3N(CCC(CC)C(OC)/C(C)=C/CCC(C)S(=O)(=O)NC4=O)C2)ccc(Cl)c1F. The van der Waals surface area contributed by atoms with E-state index in [4.69, 9.17) is 21.1 Å². The first-order chi connectivity index (χ1) is 20.5. The summed E-state index contributed by atoms with van der Waals surface area (Å²) in [6.07, 6.45) is 5.90. The summed E-state index contributed by atoms with van der Waals surface area (Å²) in [5.41, 5.74) is 3.47. The third-order valence-corrected chi connectivity index (χ3v) is 10.9. The van der Waals surface area contributed by atoms with Crippen LogP contribution in [0.25, 0.3) is 0 Å². The minimum Gasteiger partial charge on any atom is -0.491 e. The molecule has 0 fully saturated rings. The van der Waals surface area contributed by atoms with Crippen molar-refractivity contribution in [2.45, 2.75) is 83.5 Å². The molecule has 2 aromatic rings. The fraction of sp³-hybridized carbons (Fsp3) is 0.545. The molecule has 0 aromatic heterocycles. The lowest BCUT2D eigenvalue weighted by atomic mass is 9.89. The van der Waals surface area contributed by atoms with Gasteiger partial charge in [0.25, 0.3) is 5.91 Å². The predicted molar refractivity (Wildman–Crippen MR) is 170 cm³/mol. The van der Waals surface area contributed by atoms with Crippen LogP contribution >= 0.6 is 11.6 Å². The van der Waals surface area contributed by atoms with Gasteiger partial charge in [0.15, 0.2) is 0 Å². The van der Waals surface area contributed by atoms with Crippen LogP contribution in [0.1, 0.15) is 87.2 Å². The molecule has 236 valence electrons. The van der Waals surface area contributed by atoms with Crippen LogP contribution in [0.4, 0.5) is 10.1 Å². The van der Waals surface area contributed by atoms with Gasteiger partial charge in [0.1, 0.15) is 11.6 Å². The van der Waals surface area contributed by atoms with Gasteiger partial charge in [0.05, 0.1) is 28.7 Å². The average Bonchev–Trinajstić information content (AvgIpc) is 3.16. The van der Waals surface area contributed by atoms with Crippen LogP contribution in [0.5, 0.6) is 5.75 Å². The van der Waals surface area contributed by atoms with Crippen molar-refractivity contribution >= 4 is 33.2 Å². The summed E-state index contributed by atoms with van der Waals surface area (Å²) in [6, 6.07) is 8.51. The van der Waals surface area contributed by atoms with Gasteiger partial charge in [-0.25, -0.2) is 17.5 Å². The van der Waals surface area contributed by atoms with Crippen molar-refractivity contribution in [3.05, 3.63) is 69.5 Å². The average molecular weight is 635 g/mol. The molecule has 1 N–H and O–H groups in total. The first-order valence-electron chi connectivity index (χ1n) is 15.2. The van der Waals surface area contributed by atoms with Crippen molar-refractivity contribution in [2.24, 2.45) is 5.92 Å². The van der Waals surface area contributed by atoms with E-state index in [1.165, 1.54) is 0 Å². The van der Waals surface area contributed by atoms with Crippen molar-refractivity contribution in [3.8, 4) is 5.75 Å². The van der Waals surface area contributed by atoms with Gasteiger partial charge in [0.2, 0.25) is 10.0 Å². The molecule has 2 heterocycles. The molecule has 4 atom stereocenters. The number of benzene rings is 2. The molecular formula is C33H44ClFN2O5S. The molecule has 43 heavy (non-hydrogen) atoms. The third-order valence-electron chi connectivity index (χ3n) is 8.84. The Bertz CT molecular complexity index is 1450. The van der Waals surface area contributed by atoms with Crippen LogP contribution in [0.3, 0.4) is 0 Å². The molecule has 0 saturated heterocycles. The number of ether oxygens (including phenoxy) is 2.